The number of aromatic nitrogens is 2. The molecule has 0 amide bonds. The maximum atomic E-state index is 6.15. The number of rotatable bonds is 2. The first-order valence-corrected chi connectivity index (χ1v) is 6.15. The van der Waals surface area contributed by atoms with Crippen molar-refractivity contribution in [3.8, 4) is 17.0 Å². The Hall–Kier alpha value is -2.20. The van der Waals surface area contributed by atoms with Crippen LogP contribution in [0.15, 0.2) is 42.6 Å². The molecule has 0 atom stereocenters. The van der Waals surface area contributed by atoms with E-state index in [1.807, 2.05) is 28.8 Å². The van der Waals surface area contributed by atoms with Gasteiger partial charge in [0.05, 0.1) is 7.11 Å². The minimum atomic E-state index is 0.566. The summed E-state index contributed by atoms with van der Waals surface area (Å²) in [6.45, 7) is 0. The summed E-state index contributed by atoms with van der Waals surface area (Å²) in [6.07, 6.45) is 1.87. The SMILES string of the molecule is COc1ccc(Cl)cc1-c1nc2ccccn2c1N. The van der Waals surface area contributed by atoms with E-state index in [0.717, 1.165) is 11.2 Å². The molecule has 0 fully saturated rings. The zero-order valence-electron chi connectivity index (χ0n) is 10.3. The average Bonchev–Trinajstić information content (AvgIpc) is 2.76. The zero-order chi connectivity index (χ0) is 13.4. The Morgan fingerprint density at radius 3 is 2.84 bits per heavy atom. The molecular formula is C14H12ClN3O. The van der Waals surface area contributed by atoms with Crippen LogP contribution in [0.5, 0.6) is 5.75 Å². The molecule has 0 unspecified atom stereocenters. The van der Waals surface area contributed by atoms with Crippen molar-refractivity contribution in [1.29, 1.82) is 0 Å². The monoisotopic (exact) mass is 273 g/mol. The first-order valence-electron chi connectivity index (χ1n) is 5.77. The van der Waals surface area contributed by atoms with Crippen LogP contribution >= 0.6 is 11.6 Å². The smallest absolute Gasteiger partial charge is 0.139 e. The van der Waals surface area contributed by atoms with E-state index in [-0.39, 0.29) is 0 Å². The number of methoxy groups -OCH3 is 1. The Labute approximate surface area is 115 Å². The highest BCUT2D eigenvalue weighted by Gasteiger charge is 2.15. The van der Waals surface area contributed by atoms with Gasteiger partial charge in [0.25, 0.3) is 0 Å². The molecule has 0 spiro atoms. The molecule has 2 aromatic heterocycles. The highest BCUT2D eigenvalue weighted by Crippen LogP contribution is 2.35. The maximum Gasteiger partial charge on any atom is 0.139 e. The number of halogens is 1. The Bertz CT molecular complexity index is 752. The number of nitrogens with zero attached hydrogens (tertiary/aromatic N) is 2. The highest BCUT2D eigenvalue weighted by atomic mass is 35.5. The lowest BCUT2D eigenvalue weighted by Gasteiger charge is -2.07. The van der Waals surface area contributed by atoms with Crippen LogP contribution in [0.25, 0.3) is 16.9 Å². The van der Waals surface area contributed by atoms with Gasteiger partial charge in [-0.05, 0) is 30.3 Å². The average molecular weight is 274 g/mol. The number of imidazole rings is 1. The summed E-state index contributed by atoms with van der Waals surface area (Å²) in [5.74, 6) is 1.26. The third-order valence-electron chi connectivity index (χ3n) is 2.98. The molecule has 96 valence electrons. The highest BCUT2D eigenvalue weighted by molar-refractivity contribution is 6.31. The number of fused-ring (bicyclic) bond motifs is 1. The van der Waals surface area contributed by atoms with E-state index in [2.05, 4.69) is 4.98 Å². The molecule has 2 N–H and O–H groups in total. The van der Waals surface area contributed by atoms with E-state index in [9.17, 15) is 0 Å². The van der Waals surface area contributed by atoms with Crippen molar-refractivity contribution >= 4 is 23.1 Å². The van der Waals surface area contributed by atoms with Gasteiger partial charge in [0.1, 0.15) is 22.9 Å². The van der Waals surface area contributed by atoms with E-state index in [1.165, 1.54) is 0 Å². The van der Waals surface area contributed by atoms with Crippen molar-refractivity contribution in [1.82, 2.24) is 9.38 Å². The first-order chi connectivity index (χ1) is 9.20. The van der Waals surface area contributed by atoms with Gasteiger partial charge in [-0.15, -0.1) is 0 Å². The summed E-state index contributed by atoms with van der Waals surface area (Å²) in [4.78, 5) is 4.53. The number of nitrogen functional groups attached to an aromatic ring is 1. The minimum Gasteiger partial charge on any atom is -0.496 e. The zero-order valence-corrected chi connectivity index (χ0v) is 11.1. The van der Waals surface area contributed by atoms with E-state index in [1.54, 1.807) is 25.3 Å². The standard InChI is InChI=1S/C14H12ClN3O/c1-19-11-6-5-9(15)8-10(11)13-14(16)18-7-3-2-4-12(18)17-13/h2-8H,16H2,1H3. The van der Waals surface area contributed by atoms with E-state index in [0.29, 0.717) is 22.3 Å². The van der Waals surface area contributed by atoms with E-state index in [4.69, 9.17) is 22.1 Å². The quantitative estimate of drug-likeness (QED) is 0.780. The molecule has 3 aromatic rings. The number of pyridine rings is 1. The van der Waals surface area contributed by atoms with Crippen LogP contribution in [0.3, 0.4) is 0 Å². The van der Waals surface area contributed by atoms with Crippen LogP contribution in [0.4, 0.5) is 5.82 Å². The third kappa shape index (κ3) is 1.90. The number of hydrogen-bond acceptors (Lipinski definition) is 3. The molecule has 5 heteroatoms. The molecule has 0 aliphatic heterocycles. The fraction of sp³-hybridized carbons (Fsp3) is 0.0714. The summed E-state index contributed by atoms with van der Waals surface area (Å²) in [6, 6.07) is 11.1. The lowest BCUT2D eigenvalue weighted by molar-refractivity contribution is 0.416. The second kappa shape index (κ2) is 4.48. The Morgan fingerprint density at radius 2 is 2.11 bits per heavy atom. The molecule has 1 aromatic carbocycles. The van der Waals surface area contributed by atoms with Crippen LogP contribution in [-0.2, 0) is 0 Å². The molecule has 3 rings (SSSR count). The molecule has 0 aliphatic rings. The van der Waals surface area contributed by atoms with Gasteiger partial charge in [-0.1, -0.05) is 17.7 Å². The van der Waals surface area contributed by atoms with Crippen LogP contribution in [-0.4, -0.2) is 16.5 Å². The molecule has 0 saturated heterocycles. The fourth-order valence-electron chi connectivity index (χ4n) is 2.08. The molecule has 0 radical (unpaired) electrons. The van der Waals surface area contributed by atoms with Gasteiger partial charge in [-0.2, -0.15) is 0 Å². The van der Waals surface area contributed by atoms with Crippen molar-refractivity contribution in [2.45, 2.75) is 0 Å². The van der Waals surface area contributed by atoms with Crippen LogP contribution < -0.4 is 10.5 Å². The number of benzene rings is 1. The van der Waals surface area contributed by atoms with Crippen molar-refractivity contribution in [2.24, 2.45) is 0 Å². The molecule has 2 heterocycles. The predicted molar refractivity (Wildman–Crippen MR) is 76.6 cm³/mol. The van der Waals surface area contributed by atoms with Crippen molar-refractivity contribution in [3.63, 3.8) is 0 Å². The number of ether oxygens (including phenoxy) is 1. The van der Waals surface area contributed by atoms with Crippen molar-refractivity contribution in [3.05, 3.63) is 47.6 Å². The lowest BCUT2D eigenvalue weighted by Crippen LogP contribution is -1.95. The summed E-state index contributed by atoms with van der Waals surface area (Å²) >= 11 is 6.04. The number of nitrogens with two attached hydrogens (primary N) is 1. The van der Waals surface area contributed by atoms with Crippen molar-refractivity contribution in [2.75, 3.05) is 12.8 Å². The summed E-state index contributed by atoms with van der Waals surface area (Å²) in [7, 11) is 1.61. The number of anilines is 1. The largest absolute Gasteiger partial charge is 0.496 e. The van der Waals surface area contributed by atoms with Gasteiger partial charge < -0.3 is 10.5 Å². The van der Waals surface area contributed by atoms with Gasteiger partial charge in [-0.3, -0.25) is 4.40 Å². The summed E-state index contributed by atoms with van der Waals surface area (Å²) < 4.78 is 7.17. The van der Waals surface area contributed by atoms with Crippen molar-refractivity contribution < 1.29 is 4.74 Å². The van der Waals surface area contributed by atoms with Gasteiger partial charge in [0.2, 0.25) is 0 Å². The molecule has 0 bridgehead atoms. The normalized spacial score (nSPS) is 10.8. The Balaban J connectivity index is 2.30. The lowest BCUT2D eigenvalue weighted by atomic mass is 10.1. The fourth-order valence-corrected chi connectivity index (χ4v) is 2.25. The molecular weight excluding hydrogens is 262 g/mol. The molecule has 19 heavy (non-hydrogen) atoms. The summed E-state index contributed by atoms with van der Waals surface area (Å²) in [5, 5.41) is 0.618. The second-order valence-electron chi connectivity index (χ2n) is 4.12. The van der Waals surface area contributed by atoms with Gasteiger partial charge in [0, 0.05) is 16.8 Å². The maximum absolute atomic E-state index is 6.15. The van der Waals surface area contributed by atoms with E-state index >= 15 is 0 Å². The Kier molecular flexibility index (Phi) is 2.80. The summed E-state index contributed by atoms with van der Waals surface area (Å²) in [5.41, 5.74) is 8.40. The topological polar surface area (TPSA) is 52.5 Å². The van der Waals surface area contributed by atoms with Gasteiger partial charge in [0.15, 0.2) is 0 Å². The Morgan fingerprint density at radius 1 is 1.26 bits per heavy atom. The van der Waals surface area contributed by atoms with Crippen LogP contribution in [0.1, 0.15) is 0 Å². The first kappa shape index (κ1) is 11.9. The van der Waals surface area contributed by atoms with Crippen LogP contribution in [0.2, 0.25) is 5.02 Å². The molecule has 0 aliphatic carbocycles. The second-order valence-corrected chi connectivity index (χ2v) is 4.56. The van der Waals surface area contributed by atoms with E-state index < -0.39 is 0 Å². The third-order valence-corrected chi connectivity index (χ3v) is 3.22. The minimum absolute atomic E-state index is 0.566. The molecule has 0 saturated carbocycles. The van der Waals surface area contributed by atoms with Crippen LogP contribution in [0, 0.1) is 0 Å². The van der Waals surface area contributed by atoms with Gasteiger partial charge in [-0.25, -0.2) is 4.98 Å². The number of hydrogen-bond donors (Lipinski definition) is 1. The van der Waals surface area contributed by atoms with Gasteiger partial charge >= 0.3 is 0 Å². The molecule has 4 nitrogen and oxygen atoms in total. The predicted octanol–water partition coefficient (Wildman–Crippen LogP) is 3.25.